The van der Waals surface area contributed by atoms with Crippen LogP contribution in [0.25, 0.3) is 10.6 Å². The number of nitrogens with zero attached hydrogens (tertiary/aromatic N) is 2. The van der Waals surface area contributed by atoms with Crippen LogP contribution in [0.15, 0.2) is 18.2 Å². The first-order valence-electron chi connectivity index (χ1n) is 4.23. The second-order valence-corrected chi connectivity index (χ2v) is 4.71. The Labute approximate surface area is 91.6 Å². The number of hydrogen-bond acceptors (Lipinski definition) is 3. The highest BCUT2D eigenvalue weighted by Gasteiger charge is 2.04. The molecule has 0 aromatic carbocycles. The minimum Gasteiger partial charge on any atom is -0.232 e. The third kappa shape index (κ3) is 1.94. The Morgan fingerprint density at radius 3 is 2.57 bits per heavy atom. The Morgan fingerprint density at radius 1 is 1.21 bits per heavy atom. The molecule has 0 atom stereocenters. The van der Waals surface area contributed by atoms with E-state index in [9.17, 15) is 0 Å². The van der Waals surface area contributed by atoms with Gasteiger partial charge in [0.2, 0.25) is 0 Å². The Morgan fingerprint density at radius 2 is 2.00 bits per heavy atom. The predicted octanol–water partition coefficient (Wildman–Crippen LogP) is 3.48. The molecular weight excluding hydrogens is 216 g/mol. The predicted molar refractivity (Wildman–Crippen MR) is 59.8 cm³/mol. The molecule has 0 radical (unpaired) electrons. The summed E-state index contributed by atoms with van der Waals surface area (Å²) in [6.45, 7) is 3.92. The van der Waals surface area contributed by atoms with Gasteiger partial charge in [-0.15, -0.1) is 11.3 Å². The lowest BCUT2D eigenvalue weighted by atomic mass is 10.3. The first kappa shape index (κ1) is 9.62. The molecule has 0 aliphatic carbocycles. The molecule has 0 aliphatic rings. The topological polar surface area (TPSA) is 25.8 Å². The van der Waals surface area contributed by atoms with E-state index in [0.29, 0.717) is 11.0 Å². The van der Waals surface area contributed by atoms with Crippen molar-refractivity contribution in [1.82, 2.24) is 9.97 Å². The van der Waals surface area contributed by atoms with E-state index in [4.69, 9.17) is 11.6 Å². The lowest BCUT2D eigenvalue weighted by molar-refractivity contribution is 1.06. The minimum atomic E-state index is 0.499. The first-order valence-corrected chi connectivity index (χ1v) is 5.42. The summed E-state index contributed by atoms with van der Waals surface area (Å²) in [5.74, 6) is 0.707. The Kier molecular flexibility index (Phi) is 2.52. The Bertz CT molecular complexity index is 445. The Balaban J connectivity index is 2.51. The SMILES string of the molecule is Cc1nc(Cl)cc(-c2ccc(C)s2)n1. The maximum Gasteiger partial charge on any atom is 0.133 e. The molecule has 4 heteroatoms. The van der Waals surface area contributed by atoms with E-state index in [-0.39, 0.29) is 0 Å². The van der Waals surface area contributed by atoms with Crippen LogP contribution in [-0.2, 0) is 0 Å². The van der Waals surface area contributed by atoms with E-state index in [1.807, 2.05) is 6.92 Å². The van der Waals surface area contributed by atoms with Crippen molar-refractivity contribution in [3.05, 3.63) is 34.1 Å². The van der Waals surface area contributed by atoms with Gasteiger partial charge in [-0.05, 0) is 26.0 Å². The first-order chi connectivity index (χ1) is 6.65. The second-order valence-electron chi connectivity index (χ2n) is 3.03. The van der Waals surface area contributed by atoms with Crippen molar-refractivity contribution in [2.75, 3.05) is 0 Å². The molecule has 0 bridgehead atoms. The summed E-state index contributed by atoms with van der Waals surface area (Å²) >= 11 is 7.57. The van der Waals surface area contributed by atoms with Gasteiger partial charge in [0.1, 0.15) is 11.0 Å². The van der Waals surface area contributed by atoms with Gasteiger partial charge in [0.05, 0.1) is 10.6 Å². The average Bonchev–Trinajstić information content (AvgIpc) is 2.50. The molecule has 2 aromatic rings. The molecule has 0 aliphatic heterocycles. The van der Waals surface area contributed by atoms with Crippen LogP contribution in [-0.4, -0.2) is 9.97 Å². The summed E-state index contributed by atoms with van der Waals surface area (Å²) in [4.78, 5) is 10.8. The van der Waals surface area contributed by atoms with E-state index >= 15 is 0 Å². The normalized spacial score (nSPS) is 10.5. The zero-order valence-electron chi connectivity index (χ0n) is 7.91. The third-order valence-electron chi connectivity index (χ3n) is 1.80. The maximum absolute atomic E-state index is 5.86. The smallest absolute Gasteiger partial charge is 0.133 e. The van der Waals surface area contributed by atoms with E-state index in [0.717, 1.165) is 10.6 Å². The van der Waals surface area contributed by atoms with Crippen LogP contribution in [0.5, 0.6) is 0 Å². The fourth-order valence-corrected chi connectivity index (χ4v) is 2.28. The molecule has 2 aromatic heterocycles. The number of aryl methyl sites for hydroxylation is 2. The third-order valence-corrected chi connectivity index (χ3v) is 3.02. The average molecular weight is 225 g/mol. The lowest BCUT2D eigenvalue weighted by Gasteiger charge is -1.98. The zero-order chi connectivity index (χ0) is 10.1. The number of hydrogen-bond donors (Lipinski definition) is 0. The van der Waals surface area contributed by atoms with Gasteiger partial charge < -0.3 is 0 Å². The van der Waals surface area contributed by atoms with Gasteiger partial charge in [0, 0.05) is 10.9 Å². The second kappa shape index (κ2) is 3.67. The summed E-state index contributed by atoms with van der Waals surface area (Å²) in [6.07, 6.45) is 0. The monoisotopic (exact) mass is 224 g/mol. The molecule has 0 fully saturated rings. The fraction of sp³-hybridized carbons (Fsp3) is 0.200. The van der Waals surface area contributed by atoms with Gasteiger partial charge in [-0.3, -0.25) is 0 Å². The van der Waals surface area contributed by atoms with Crippen molar-refractivity contribution < 1.29 is 0 Å². The van der Waals surface area contributed by atoms with Crippen molar-refractivity contribution in [2.45, 2.75) is 13.8 Å². The van der Waals surface area contributed by atoms with Crippen molar-refractivity contribution in [1.29, 1.82) is 0 Å². The fourth-order valence-electron chi connectivity index (χ4n) is 1.23. The van der Waals surface area contributed by atoms with Gasteiger partial charge in [0.25, 0.3) is 0 Å². The van der Waals surface area contributed by atoms with E-state index < -0.39 is 0 Å². The summed E-state index contributed by atoms with van der Waals surface area (Å²) in [5, 5.41) is 0.499. The molecule has 0 unspecified atom stereocenters. The Hall–Kier alpha value is -0.930. The summed E-state index contributed by atoms with van der Waals surface area (Å²) in [6, 6.07) is 5.92. The van der Waals surface area contributed by atoms with Gasteiger partial charge in [0.15, 0.2) is 0 Å². The largest absolute Gasteiger partial charge is 0.232 e. The number of thiophene rings is 1. The molecule has 0 spiro atoms. The van der Waals surface area contributed by atoms with E-state index in [2.05, 4.69) is 29.0 Å². The molecule has 72 valence electrons. The van der Waals surface area contributed by atoms with Gasteiger partial charge in [-0.1, -0.05) is 11.6 Å². The lowest BCUT2D eigenvalue weighted by Crippen LogP contribution is -1.89. The summed E-state index contributed by atoms with van der Waals surface area (Å²) in [7, 11) is 0. The number of halogens is 1. The van der Waals surface area contributed by atoms with E-state index in [1.54, 1.807) is 17.4 Å². The summed E-state index contributed by atoms with van der Waals surface area (Å²) < 4.78 is 0. The van der Waals surface area contributed by atoms with Crippen LogP contribution >= 0.6 is 22.9 Å². The molecule has 0 saturated carbocycles. The van der Waals surface area contributed by atoms with Gasteiger partial charge >= 0.3 is 0 Å². The van der Waals surface area contributed by atoms with Crippen molar-refractivity contribution >= 4 is 22.9 Å². The molecular formula is C10H9ClN2S. The highest BCUT2D eigenvalue weighted by atomic mass is 35.5. The van der Waals surface area contributed by atoms with Crippen molar-refractivity contribution in [3.63, 3.8) is 0 Å². The zero-order valence-corrected chi connectivity index (χ0v) is 9.49. The molecule has 2 nitrogen and oxygen atoms in total. The van der Waals surface area contributed by atoms with Gasteiger partial charge in [-0.25, -0.2) is 9.97 Å². The highest BCUT2D eigenvalue weighted by molar-refractivity contribution is 7.15. The molecule has 2 rings (SSSR count). The van der Waals surface area contributed by atoms with Crippen LogP contribution in [0.4, 0.5) is 0 Å². The van der Waals surface area contributed by atoms with Gasteiger partial charge in [-0.2, -0.15) is 0 Å². The van der Waals surface area contributed by atoms with Crippen LogP contribution in [0.2, 0.25) is 5.15 Å². The summed E-state index contributed by atoms with van der Waals surface area (Å²) in [5.41, 5.74) is 0.903. The van der Waals surface area contributed by atoms with E-state index in [1.165, 1.54) is 4.88 Å². The highest BCUT2D eigenvalue weighted by Crippen LogP contribution is 2.27. The quantitative estimate of drug-likeness (QED) is 0.694. The van der Waals surface area contributed by atoms with Crippen molar-refractivity contribution in [3.8, 4) is 10.6 Å². The van der Waals surface area contributed by atoms with Crippen molar-refractivity contribution in [2.24, 2.45) is 0 Å². The molecule has 0 saturated heterocycles. The van der Waals surface area contributed by atoms with Crippen LogP contribution in [0.1, 0.15) is 10.7 Å². The molecule has 14 heavy (non-hydrogen) atoms. The molecule has 0 amide bonds. The molecule has 0 N–H and O–H groups in total. The number of aromatic nitrogens is 2. The standard InChI is InChI=1S/C10H9ClN2S/c1-6-3-4-9(14-6)8-5-10(11)13-7(2)12-8/h3-5H,1-2H3. The van der Waals surface area contributed by atoms with Crippen LogP contribution in [0, 0.1) is 13.8 Å². The van der Waals surface area contributed by atoms with Crippen LogP contribution in [0.3, 0.4) is 0 Å². The molecule has 2 heterocycles. The van der Waals surface area contributed by atoms with Crippen LogP contribution < -0.4 is 0 Å². The minimum absolute atomic E-state index is 0.499. The number of rotatable bonds is 1. The maximum atomic E-state index is 5.86.